The molecule has 27 heavy (non-hydrogen) atoms. The fraction of sp³-hybridized carbons (Fsp3) is 0.400. The first kappa shape index (κ1) is 19.5. The molecule has 1 saturated heterocycles. The van der Waals surface area contributed by atoms with E-state index in [2.05, 4.69) is 9.88 Å². The summed E-state index contributed by atoms with van der Waals surface area (Å²) < 4.78 is 10.6. The van der Waals surface area contributed by atoms with E-state index >= 15 is 0 Å². The highest BCUT2D eigenvalue weighted by molar-refractivity contribution is 6.35. The predicted molar refractivity (Wildman–Crippen MR) is 105 cm³/mol. The summed E-state index contributed by atoms with van der Waals surface area (Å²) in [5.74, 6) is 0.814. The summed E-state index contributed by atoms with van der Waals surface area (Å²) in [5, 5.41) is 0.288. The first-order valence-corrected chi connectivity index (χ1v) is 9.34. The minimum Gasteiger partial charge on any atom is -0.493 e. The van der Waals surface area contributed by atoms with E-state index in [1.165, 1.54) is 7.11 Å². The molecule has 1 aliphatic heterocycles. The van der Waals surface area contributed by atoms with Gasteiger partial charge in [0.2, 0.25) is 0 Å². The minimum atomic E-state index is -0.0827. The molecule has 2 aromatic rings. The zero-order valence-electron chi connectivity index (χ0n) is 15.7. The number of hydrogen-bond donors (Lipinski definition) is 0. The normalized spacial score (nSPS) is 15.3. The molecule has 6 nitrogen and oxygen atoms in total. The molecule has 7 heteroatoms. The van der Waals surface area contributed by atoms with Gasteiger partial charge in [-0.05, 0) is 30.7 Å². The van der Waals surface area contributed by atoms with E-state index in [1.807, 2.05) is 29.3 Å². The van der Waals surface area contributed by atoms with Crippen LogP contribution in [-0.2, 0) is 6.54 Å². The van der Waals surface area contributed by atoms with E-state index < -0.39 is 0 Å². The number of aromatic nitrogens is 1. The van der Waals surface area contributed by atoms with Gasteiger partial charge < -0.3 is 14.4 Å². The van der Waals surface area contributed by atoms with Gasteiger partial charge in [0.1, 0.15) is 0 Å². The van der Waals surface area contributed by atoms with Gasteiger partial charge in [-0.2, -0.15) is 0 Å². The number of amides is 1. The third-order valence-electron chi connectivity index (χ3n) is 4.70. The number of methoxy groups -OCH3 is 2. The molecule has 0 spiro atoms. The number of benzene rings is 1. The van der Waals surface area contributed by atoms with Crippen LogP contribution in [0.3, 0.4) is 0 Å². The summed E-state index contributed by atoms with van der Waals surface area (Å²) in [4.78, 5) is 21.6. The summed E-state index contributed by atoms with van der Waals surface area (Å²) in [5.41, 5.74) is 1.48. The molecule has 1 fully saturated rings. The Hall–Kier alpha value is -2.31. The van der Waals surface area contributed by atoms with Crippen molar-refractivity contribution in [3.63, 3.8) is 0 Å². The number of ether oxygens (including phenoxy) is 2. The maximum atomic E-state index is 13.0. The number of pyridine rings is 1. The Morgan fingerprint density at radius 3 is 2.67 bits per heavy atom. The van der Waals surface area contributed by atoms with Crippen LogP contribution in [0.1, 0.15) is 22.5 Å². The Morgan fingerprint density at radius 1 is 1.11 bits per heavy atom. The average Bonchev–Trinajstić information content (AvgIpc) is 2.93. The van der Waals surface area contributed by atoms with Gasteiger partial charge in [0.15, 0.2) is 11.5 Å². The molecule has 0 saturated carbocycles. The zero-order chi connectivity index (χ0) is 19.2. The highest BCUT2D eigenvalue weighted by Gasteiger charge is 2.24. The number of carbonyl (C=O) groups excluding carboxylic acids is 1. The monoisotopic (exact) mass is 389 g/mol. The van der Waals surface area contributed by atoms with Crippen LogP contribution in [0.15, 0.2) is 36.5 Å². The molecule has 1 aliphatic rings. The third kappa shape index (κ3) is 4.51. The van der Waals surface area contributed by atoms with Gasteiger partial charge in [-0.3, -0.25) is 14.7 Å². The Bertz CT molecular complexity index is 786. The summed E-state index contributed by atoms with van der Waals surface area (Å²) in [6.07, 6.45) is 2.71. The number of rotatable bonds is 5. The van der Waals surface area contributed by atoms with Gasteiger partial charge >= 0.3 is 0 Å². The van der Waals surface area contributed by atoms with Gasteiger partial charge in [0.05, 0.1) is 30.5 Å². The average molecular weight is 390 g/mol. The van der Waals surface area contributed by atoms with Gasteiger partial charge in [-0.15, -0.1) is 0 Å². The number of nitrogens with zero attached hydrogens (tertiary/aromatic N) is 3. The van der Waals surface area contributed by atoms with E-state index in [1.54, 1.807) is 19.2 Å². The van der Waals surface area contributed by atoms with Crippen LogP contribution in [-0.4, -0.2) is 61.1 Å². The Morgan fingerprint density at radius 2 is 1.96 bits per heavy atom. The van der Waals surface area contributed by atoms with Crippen molar-refractivity contribution in [2.24, 2.45) is 0 Å². The van der Waals surface area contributed by atoms with Gasteiger partial charge in [-0.25, -0.2) is 0 Å². The van der Waals surface area contributed by atoms with Gasteiger partial charge in [-0.1, -0.05) is 17.7 Å². The van der Waals surface area contributed by atoms with Crippen LogP contribution < -0.4 is 9.47 Å². The molecule has 144 valence electrons. The molecule has 1 aromatic heterocycles. The van der Waals surface area contributed by atoms with Crippen molar-refractivity contribution >= 4 is 17.5 Å². The molecule has 1 amide bonds. The molecular formula is C20H24ClN3O3. The van der Waals surface area contributed by atoms with Crippen molar-refractivity contribution < 1.29 is 14.3 Å². The molecule has 0 N–H and O–H groups in total. The quantitative estimate of drug-likeness (QED) is 0.786. The van der Waals surface area contributed by atoms with Crippen molar-refractivity contribution in [3.05, 3.63) is 52.8 Å². The predicted octanol–water partition coefficient (Wildman–Crippen LogP) is 3.10. The maximum absolute atomic E-state index is 13.0. The van der Waals surface area contributed by atoms with E-state index in [9.17, 15) is 4.79 Å². The third-order valence-corrected chi connectivity index (χ3v) is 5.08. The summed E-state index contributed by atoms with van der Waals surface area (Å²) in [7, 11) is 3.06. The summed E-state index contributed by atoms with van der Waals surface area (Å²) in [6, 6.07) is 9.34. The van der Waals surface area contributed by atoms with E-state index in [4.69, 9.17) is 21.1 Å². The van der Waals surface area contributed by atoms with Crippen LogP contribution in [0, 0.1) is 0 Å². The zero-order valence-corrected chi connectivity index (χ0v) is 16.4. The van der Waals surface area contributed by atoms with Crippen LogP contribution in [0.4, 0.5) is 0 Å². The van der Waals surface area contributed by atoms with Crippen molar-refractivity contribution in [2.45, 2.75) is 13.0 Å². The largest absolute Gasteiger partial charge is 0.493 e. The Balaban J connectivity index is 1.69. The van der Waals surface area contributed by atoms with Crippen LogP contribution >= 0.6 is 11.6 Å². The van der Waals surface area contributed by atoms with E-state index in [-0.39, 0.29) is 10.9 Å². The fourth-order valence-electron chi connectivity index (χ4n) is 3.28. The SMILES string of the molecule is COc1ccc(C(=O)N2CCCN(Cc3ccccn3)CC2)c(Cl)c1OC. The summed E-state index contributed by atoms with van der Waals surface area (Å²) in [6.45, 7) is 3.87. The lowest BCUT2D eigenvalue weighted by atomic mass is 10.1. The molecule has 3 rings (SSSR count). The lowest BCUT2D eigenvalue weighted by Crippen LogP contribution is -2.35. The van der Waals surface area contributed by atoms with E-state index in [0.29, 0.717) is 30.2 Å². The molecule has 0 unspecified atom stereocenters. The second-order valence-electron chi connectivity index (χ2n) is 6.41. The minimum absolute atomic E-state index is 0.0827. The number of carbonyl (C=O) groups is 1. The molecule has 0 aliphatic carbocycles. The Labute approximate surface area is 164 Å². The lowest BCUT2D eigenvalue weighted by Gasteiger charge is -2.23. The smallest absolute Gasteiger partial charge is 0.255 e. The summed E-state index contributed by atoms with van der Waals surface area (Å²) >= 11 is 6.41. The Kier molecular flexibility index (Phi) is 6.53. The van der Waals surface area contributed by atoms with Crippen LogP contribution in [0.5, 0.6) is 11.5 Å². The van der Waals surface area contributed by atoms with Gasteiger partial charge in [0, 0.05) is 38.9 Å². The molecule has 2 heterocycles. The van der Waals surface area contributed by atoms with Gasteiger partial charge in [0.25, 0.3) is 5.91 Å². The fourth-order valence-corrected chi connectivity index (χ4v) is 3.59. The second-order valence-corrected chi connectivity index (χ2v) is 6.78. The van der Waals surface area contributed by atoms with Crippen molar-refractivity contribution in [2.75, 3.05) is 40.4 Å². The van der Waals surface area contributed by atoms with Crippen LogP contribution in [0.25, 0.3) is 0 Å². The number of hydrogen-bond acceptors (Lipinski definition) is 5. The second kappa shape index (κ2) is 9.06. The standard InChI is InChI=1S/C20H24ClN3O3/c1-26-17-8-7-16(18(21)19(17)27-2)20(25)24-11-5-10-23(12-13-24)14-15-6-3-4-9-22-15/h3-4,6-9H,5,10-14H2,1-2H3. The highest BCUT2D eigenvalue weighted by atomic mass is 35.5. The highest BCUT2D eigenvalue weighted by Crippen LogP contribution is 2.37. The molecule has 0 radical (unpaired) electrons. The molecule has 0 bridgehead atoms. The lowest BCUT2D eigenvalue weighted by molar-refractivity contribution is 0.0761. The maximum Gasteiger partial charge on any atom is 0.255 e. The molecular weight excluding hydrogens is 366 g/mol. The number of halogens is 1. The molecule has 1 aromatic carbocycles. The van der Waals surface area contributed by atoms with Crippen molar-refractivity contribution in [1.29, 1.82) is 0 Å². The van der Waals surface area contributed by atoms with Crippen LogP contribution in [0.2, 0.25) is 5.02 Å². The topological polar surface area (TPSA) is 54.9 Å². The van der Waals surface area contributed by atoms with Crippen molar-refractivity contribution in [3.8, 4) is 11.5 Å². The van der Waals surface area contributed by atoms with Crippen molar-refractivity contribution in [1.82, 2.24) is 14.8 Å². The molecule has 0 atom stereocenters. The first-order chi connectivity index (χ1) is 13.1. The van der Waals surface area contributed by atoms with E-state index in [0.717, 1.165) is 31.7 Å². The first-order valence-electron chi connectivity index (χ1n) is 8.96.